The molecule has 546 valence electrons. The van der Waals surface area contributed by atoms with E-state index < -0.39 is 97.5 Å². The number of rotatable bonds is 70. The first-order chi connectivity index (χ1) is 44.1. The molecule has 6 atom stereocenters. The number of hydrogen-bond acceptors (Lipinski definition) is 15. The Labute approximate surface area is 562 Å². The molecule has 0 aliphatic rings. The number of unbranched alkanes of at least 4 members (excludes halogenated alkanes) is 35. The van der Waals surface area contributed by atoms with E-state index in [1.807, 2.05) is 0 Å². The van der Waals surface area contributed by atoms with Gasteiger partial charge >= 0.3 is 39.5 Å². The predicted molar refractivity (Wildman–Crippen MR) is 372 cm³/mol. The topological polar surface area (TPSA) is 237 Å². The number of carbonyl (C=O) groups is 4. The SMILES string of the molecule is CCC(C)CCCCCCCCC(=O)OC[C@H](COP(=O)(O)OC[C@H](O)COP(=O)(O)OC[C@@H](COC(=O)CCCCCCCCCCCC(C)C)OC(=O)CCCCCCCCCCCCCCCCCC(C)C)OC(=O)CCCCCCCCCCCC(C)C. The van der Waals surface area contributed by atoms with Gasteiger partial charge in [-0.3, -0.25) is 37.3 Å². The normalized spacial score (nSPS) is 14.5. The zero-order valence-electron chi connectivity index (χ0n) is 60.2. The van der Waals surface area contributed by atoms with Crippen LogP contribution in [0.15, 0.2) is 0 Å². The molecule has 0 saturated carbocycles. The molecule has 0 saturated heterocycles. The Kier molecular flexibility index (Phi) is 61.3. The van der Waals surface area contributed by atoms with E-state index in [-0.39, 0.29) is 25.7 Å². The first-order valence-corrected chi connectivity index (χ1v) is 40.7. The zero-order chi connectivity index (χ0) is 68.2. The highest BCUT2D eigenvalue weighted by Gasteiger charge is 2.30. The fourth-order valence-electron chi connectivity index (χ4n) is 11.0. The molecule has 92 heavy (non-hydrogen) atoms. The lowest BCUT2D eigenvalue weighted by molar-refractivity contribution is -0.161. The Balaban J connectivity index is 5.24. The van der Waals surface area contributed by atoms with Crippen LogP contribution >= 0.6 is 15.6 Å². The van der Waals surface area contributed by atoms with Crippen molar-refractivity contribution in [1.29, 1.82) is 0 Å². The van der Waals surface area contributed by atoms with Crippen LogP contribution in [-0.2, 0) is 65.4 Å². The van der Waals surface area contributed by atoms with Crippen LogP contribution in [0, 0.1) is 23.7 Å². The van der Waals surface area contributed by atoms with Crippen molar-refractivity contribution in [3.63, 3.8) is 0 Å². The molecule has 0 aliphatic carbocycles. The fourth-order valence-corrected chi connectivity index (χ4v) is 12.6. The Morgan fingerprint density at radius 1 is 0.304 bits per heavy atom. The van der Waals surface area contributed by atoms with E-state index >= 15 is 0 Å². The van der Waals surface area contributed by atoms with Crippen molar-refractivity contribution in [3.8, 4) is 0 Å². The standard InChI is InChI=1S/C73H142O17P2/c1-9-66(8)52-44-36-31-32-38-46-54-71(76)84-60-69(90-73(78)56-48-40-30-24-18-21-27-35-43-51-65(6)7)62-88-92(81,82)86-58-67(74)57-85-91(79,80)87-61-68(59-83-70(75)53-45-37-28-23-17-20-26-34-42-50-64(4)5)89-72(77)55-47-39-29-22-16-14-12-10-11-13-15-19-25-33-41-49-63(2)3/h63-69,74H,9-62H2,1-8H3,(H,79,80)(H,81,82)/t66?,67-,68-,69-/m1/s1. The molecular formula is C73H142O17P2. The molecule has 0 fully saturated rings. The molecule has 0 amide bonds. The number of phosphoric acid groups is 2. The van der Waals surface area contributed by atoms with Gasteiger partial charge in [-0.2, -0.15) is 0 Å². The van der Waals surface area contributed by atoms with E-state index in [0.717, 1.165) is 120 Å². The number of phosphoric ester groups is 2. The summed E-state index contributed by atoms with van der Waals surface area (Å²) in [5.41, 5.74) is 0. The molecule has 3 N–H and O–H groups in total. The Bertz CT molecular complexity index is 1820. The van der Waals surface area contributed by atoms with E-state index in [9.17, 15) is 43.2 Å². The summed E-state index contributed by atoms with van der Waals surface area (Å²) in [5, 5.41) is 10.6. The molecular weight excluding hydrogens is 1210 g/mol. The minimum Gasteiger partial charge on any atom is -0.462 e. The second-order valence-corrected chi connectivity index (χ2v) is 30.9. The van der Waals surface area contributed by atoms with E-state index in [1.54, 1.807) is 0 Å². The summed E-state index contributed by atoms with van der Waals surface area (Å²) in [4.78, 5) is 72.7. The molecule has 0 aromatic carbocycles. The van der Waals surface area contributed by atoms with Crippen LogP contribution in [0.2, 0.25) is 0 Å². The van der Waals surface area contributed by atoms with Crippen LogP contribution < -0.4 is 0 Å². The van der Waals surface area contributed by atoms with Gasteiger partial charge < -0.3 is 33.8 Å². The summed E-state index contributed by atoms with van der Waals surface area (Å²) < 4.78 is 68.4. The maximum atomic E-state index is 13.1. The average molecular weight is 1350 g/mol. The first kappa shape index (κ1) is 90.1. The van der Waals surface area contributed by atoms with Crippen LogP contribution in [0.5, 0.6) is 0 Å². The van der Waals surface area contributed by atoms with Crippen molar-refractivity contribution >= 4 is 39.5 Å². The van der Waals surface area contributed by atoms with Gasteiger partial charge in [0.15, 0.2) is 12.2 Å². The van der Waals surface area contributed by atoms with E-state index in [4.69, 9.17) is 37.0 Å². The van der Waals surface area contributed by atoms with E-state index in [2.05, 4.69) is 55.4 Å². The van der Waals surface area contributed by atoms with Gasteiger partial charge in [-0.25, -0.2) is 9.13 Å². The highest BCUT2D eigenvalue weighted by atomic mass is 31.2. The van der Waals surface area contributed by atoms with Gasteiger partial charge in [0.1, 0.15) is 19.3 Å². The molecule has 0 aliphatic heterocycles. The van der Waals surface area contributed by atoms with Crippen molar-refractivity contribution in [1.82, 2.24) is 0 Å². The van der Waals surface area contributed by atoms with Crippen LogP contribution in [-0.4, -0.2) is 96.7 Å². The second kappa shape index (κ2) is 62.6. The number of aliphatic hydroxyl groups is 1. The van der Waals surface area contributed by atoms with Crippen LogP contribution in [0.25, 0.3) is 0 Å². The maximum absolute atomic E-state index is 13.1. The smallest absolute Gasteiger partial charge is 0.462 e. The van der Waals surface area contributed by atoms with Gasteiger partial charge in [0.2, 0.25) is 0 Å². The summed E-state index contributed by atoms with van der Waals surface area (Å²) in [6, 6.07) is 0. The van der Waals surface area contributed by atoms with E-state index in [0.29, 0.717) is 25.7 Å². The molecule has 0 spiro atoms. The number of ether oxygens (including phenoxy) is 4. The van der Waals surface area contributed by atoms with Crippen LogP contribution in [0.1, 0.15) is 364 Å². The van der Waals surface area contributed by atoms with Gasteiger partial charge in [-0.05, 0) is 49.4 Å². The molecule has 0 aromatic heterocycles. The maximum Gasteiger partial charge on any atom is 0.472 e. The lowest BCUT2D eigenvalue weighted by Crippen LogP contribution is -2.30. The van der Waals surface area contributed by atoms with Crippen molar-refractivity contribution in [2.24, 2.45) is 23.7 Å². The van der Waals surface area contributed by atoms with Gasteiger partial charge in [-0.15, -0.1) is 0 Å². The first-order valence-electron chi connectivity index (χ1n) is 37.7. The van der Waals surface area contributed by atoms with Gasteiger partial charge in [-0.1, -0.05) is 312 Å². The third-order valence-electron chi connectivity index (χ3n) is 17.2. The van der Waals surface area contributed by atoms with Crippen molar-refractivity contribution in [2.45, 2.75) is 382 Å². The summed E-state index contributed by atoms with van der Waals surface area (Å²) in [5.74, 6) is 0.887. The summed E-state index contributed by atoms with van der Waals surface area (Å²) in [6.07, 6.45) is 45.9. The van der Waals surface area contributed by atoms with E-state index in [1.165, 1.54) is 161 Å². The van der Waals surface area contributed by atoms with Crippen LogP contribution in [0.3, 0.4) is 0 Å². The highest BCUT2D eigenvalue weighted by molar-refractivity contribution is 7.47. The second-order valence-electron chi connectivity index (χ2n) is 28.0. The molecule has 17 nitrogen and oxygen atoms in total. The van der Waals surface area contributed by atoms with Crippen molar-refractivity contribution < 1.29 is 80.2 Å². The van der Waals surface area contributed by atoms with Crippen LogP contribution in [0.4, 0.5) is 0 Å². The van der Waals surface area contributed by atoms with Gasteiger partial charge in [0, 0.05) is 25.7 Å². The van der Waals surface area contributed by atoms with Gasteiger partial charge in [0.25, 0.3) is 0 Å². The molecule has 0 radical (unpaired) electrons. The summed E-state index contributed by atoms with van der Waals surface area (Å²) in [7, 11) is -9.91. The third kappa shape index (κ3) is 65.4. The van der Waals surface area contributed by atoms with Crippen molar-refractivity contribution in [3.05, 3.63) is 0 Å². The Morgan fingerprint density at radius 2 is 0.522 bits per heavy atom. The highest BCUT2D eigenvalue weighted by Crippen LogP contribution is 2.45. The molecule has 3 unspecified atom stereocenters. The molecule has 0 rings (SSSR count). The minimum atomic E-state index is -4.96. The molecule has 0 heterocycles. The molecule has 0 aromatic rings. The quantitative estimate of drug-likeness (QED) is 0.0222. The molecule has 0 bridgehead atoms. The Morgan fingerprint density at radius 3 is 0.772 bits per heavy atom. The zero-order valence-corrected chi connectivity index (χ0v) is 62.0. The lowest BCUT2D eigenvalue weighted by atomic mass is 10.00. The Hall–Kier alpha value is -1.94. The monoisotopic (exact) mass is 1350 g/mol. The fraction of sp³-hybridized carbons (Fsp3) is 0.945. The van der Waals surface area contributed by atoms with Crippen molar-refractivity contribution in [2.75, 3.05) is 39.6 Å². The minimum absolute atomic E-state index is 0.104. The number of hydrogen-bond donors (Lipinski definition) is 3. The lowest BCUT2D eigenvalue weighted by Gasteiger charge is -2.21. The summed E-state index contributed by atoms with van der Waals surface area (Å²) >= 11 is 0. The average Bonchev–Trinajstić information content (AvgIpc) is 2.66. The number of aliphatic hydroxyl groups excluding tert-OH is 1. The van der Waals surface area contributed by atoms with Gasteiger partial charge in [0.05, 0.1) is 26.4 Å². The molecule has 19 heteroatoms. The number of carbonyl (C=O) groups excluding carboxylic acids is 4. The summed E-state index contributed by atoms with van der Waals surface area (Å²) in [6.45, 7) is 14.1. The predicted octanol–water partition coefficient (Wildman–Crippen LogP) is 20.9. The third-order valence-corrected chi connectivity index (χ3v) is 19.1. The largest absolute Gasteiger partial charge is 0.472 e. The number of esters is 4.